The van der Waals surface area contributed by atoms with Gasteiger partial charge in [-0.3, -0.25) is 4.79 Å². The molecule has 2 N–H and O–H groups in total. The molecule has 0 aliphatic carbocycles. The Kier molecular flexibility index (Phi) is 8.35. The fourth-order valence-corrected chi connectivity index (χ4v) is 5.64. The summed E-state index contributed by atoms with van der Waals surface area (Å²) in [5.41, 5.74) is 3.07. The quantitative estimate of drug-likeness (QED) is 0.362. The summed E-state index contributed by atoms with van der Waals surface area (Å²) >= 11 is 3.72. The summed E-state index contributed by atoms with van der Waals surface area (Å²) in [6.45, 7) is 14.3. The van der Waals surface area contributed by atoms with Gasteiger partial charge in [-0.05, 0) is 84.2 Å². The molecular formula is C29H38BrN5O3. The number of fused-ring (bicyclic) bond motifs is 1. The van der Waals surface area contributed by atoms with Gasteiger partial charge in [0, 0.05) is 70.6 Å². The van der Waals surface area contributed by atoms with E-state index in [0.29, 0.717) is 31.2 Å². The first-order valence-electron chi connectivity index (χ1n) is 13.2. The number of benzene rings is 1. The van der Waals surface area contributed by atoms with E-state index in [1.165, 1.54) is 0 Å². The van der Waals surface area contributed by atoms with E-state index < -0.39 is 5.60 Å². The van der Waals surface area contributed by atoms with E-state index in [1.807, 2.05) is 57.8 Å². The topological polar surface area (TPSA) is 90.6 Å². The van der Waals surface area contributed by atoms with E-state index in [1.54, 1.807) is 0 Å². The summed E-state index contributed by atoms with van der Waals surface area (Å²) in [5, 5.41) is 5.49. The Balaban J connectivity index is 1.58. The minimum atomic E-state index is -0.496. The molecular weight excluding hydrogens is 546 g/mol. The third-order valence-electron chi connectivity index (χ3n) is 6.96. The maximum absolute atomic E-state index is 12.6. The highest BCUT2D eigenvalue weighted by Gasteiger charge is 2.30. The van der Waals surface area contributed by atoms with Gasteiger partial charge in [-0.2, -0.15) is 0 Å². The number of aromatic amines is 1. The maximum Gasteiger partial charge on any atom is 0.410 e. The van der Waals surface area contributed by atoms with Crippen molar-refractivity contribution in [2.24, 2.45) is 0 Å². The molecule has 38 heavy (non-hydrogen) atoms. The molecule has 2 aromatic heterocycles. The van der Waals surface area contributed by atoms with Crippen molar-refractivity contribution in [1.29, 1.82) is 0 Å². The van der Waals surface area contributed by atoms with E-state index >= 15 is 0 Å². The highest BCUT2D eigenvalue weighted by molar-refractivity contribution is 9.10. The van der Waals surface area contributed by atoms with Crippen LogP contribution in [-0.4, -0.2) is 52.2 Å². The fourth-order valence-electron chi connectivity index (χ4n) is 5.19. The zero-order valence-corrected chi connectivity index (χ0v) is 24.7. The summed E-state index contributed by atoms with van der Waals surface area (Å²) in [4.78, 5) is 36.8. The van der Waals surface area contributed by atoms with Gasteiger partial charge in [0.25, 0.3) is 5.56 Å². The molecule has 1 saturated heterocycles. The number of hydrogen-bond acceptors (Lipinski definition) is 6. The number of amides is 1. The number of pyridine rings is 2. The van der Waals surface area contributed by atoms with Gasteiger partial charge in [-0.25, -0.2) is 9.78 Å². The second-order valence-corrected chi connectivity index (χ2v) is 11.9. The average Bonchev–Trinajstić information content (AvgIpc) is 2.83. The first-order chi connectivity index (χ1) is 18.0. The predicted octanol–water partition coefficient (Wildman–Crippen LogP) is 6.14. The first-order valence-corrected chi connectivity index (χ1v) is 14.0. The Morgan fingerprint density at radius 3 is 2.55 bits per heavy atom. The number of anilines is 2. The Bertz CT molecular complexity index is 1370. The van der Waals surface area contributed by atoms with Crippen LogP contribution in [0.15, 0.2) is 39.7 Å². The number of halogens is 1. The number of piperidine rings is 1. The van der Waals surface area contributed by atoms with Crippen molar-refractivity contribution < 1.29 is 9.53 Å². The number of aryl methyl sites for hydroxylation is 2. The first kappa shape index (κ1) is 28.0. The van der Waals surface area contributed by atoms with Gasteiger partial charge in [-0.1, -0.05) is 15.9 Å². The number of hydrogen-bond donors (Lipinski definition) is 2. The Hall–Kier alpha value is -3.07. The normalized spacial score (nSPS) is 14.6. The SMILES string of the molecule is CCN(c1cc(Br)cc2c(NCc3c(C)cc(C)[nH]c3=O)nccc12)C1CCN(C(=O)OC(C)(C)C)CC1. The summed E-state index contributed by atoms with van der Waals surface area (Å²) in [6.07, 6.45) is 3.31. The lowest BCUT2D eigenvalue weighted by Gasteiger charge is -2.40. The van der Waals surface area contributed by atoms with E-state index in [9.17, 15) is 9.59 Å². The van der Waals surface area contributed by atoms with Crippen molar-refractivity contribution >= 4 is 44.3 Å². The second kappa shape index (κ2) is 11.4. The summed E-state index contributed by atoms with van der Waals surface area (Å²) in [7, 11) is 0. The van der Waals surface area contributed by atoms with Crippen molar-refractivity contribution in [3.05, 3.63) is 62.1 Å². The number of carbonyl (C=O) groups is 1. The molecule has 3 heterocycles. The highest BCUT2D eigenvalue weighted by atomic mass is 79.9. The second-order valence-electron chi connectivity index (χ2n) is 11.0. The van der Waals surface area contributed by atoms with E-state index in [-0.39, 0.29) is 11.7 Å². The molecule has 1 amide bonds. The van der Waals surface area contributed by atoms with Gasteiger partial charge in [0.1, 0.15) is 11.4 Å². The number of H-pyrrole nitrogens is 1. The van der Waals surface area contributed by atoms with Gasteiger partial charge >= 0.3 is 6.09 Å². The van der Waals surface area contributed by atoms with Crippen LogP contribution in [0.25, 0.3) is 10.8 Å². The smallest absolute Gasteiger partial charge is 0.410 e. The molecule has 1 aliphatic heterocycles. The van der Waals surface area contributed by atoms with Gasteiger partial charge in [0.05, 0.1) is 0 Å². The van der Waals surface area contributed by atoms with Crippen LogP contribution >= 0.6 is 15.9 Å². The molecule has 204 valence electrons. The molecule has 1 aromatic carbocycles. The molecule has 0 bridgehead atoms. The van der Waals surface area contributed by atoms with Crippen molar-refractivity contribution in [2.45, 2.75) is 72.6 Å². The number of rotatable bonds is 6. The summed E-state index contributed by atoms with van der Waals surface area (Å²) in [6, 6.07) is 8.56. The zero-order chi connectivity index (χ0) is 27.6. The molecule has 9 heteroatoms. The number of aromatic nitrogens is 2. The molecule has 4 rings (SSSR count). The number of likely N-dealkylation sites (tertiary alicyclic amines) is 1. The summed E-state index contributed by atoms with van der Waals surface area (Å²) in [5.74, 6) is 0.736. The molecule has 8 nitrogen and oxygen atoms in total. The lowest BCUT2D eigenvalue weighted by atomic mass is 10.0. The Labute approximate surface area is 232 Å². The summed E-state index contributed by atoms with van der Waals surface area (Å²) < 4.78 is 6.54. The maximum atomic E-state index is 12.6. The zero-order valence-electron chi connectivity index (χ0n) is 23.2. The largest absolute Gasteiger partial charge is 0.444 e. The standard InChI is InChI=1S/C29H38BrN5O3/c1-7-35(21-9-12-34(13-10-21)28(37)38-29(4,5)6)25-16-20(30)15-23-22(25)8-11-31-26(23)32-17-24-18(2)14-19(3)33-27(24)36/h8,11,14-16,21H,7,9-10,12-13,17H2,1-6H3,(H,31,32)(H,33,36). The van der Waals surface area contributed by atoms with Gasteiger partial charge in [0.2, 0.25) is 0 Å². The number of nitrogens with zero attached hydrogens (tertiary/aromatic N) is 3. The Morgan fingerprint density at radius 2 is 1.92 bits per heavy atom. The van der Waals surface area contributed by atoms with Crippen molar-refractivity contribution in [2.75, 3.05) is 29.9 Å². The van der Waals surface area contributed by atoms with Crippen LogP contribution in [-0.2, 0) is 11.3 Å². The monoisotopic (exact) mass is 583 g/mol. The van der Waals surface area contributed by atoms with Crippen LogP contribution < -0.4 is 15.8 Å². The van der Waals surface area contributed by atoms with Gasteiger partial charge < -0.3 is 24.8 Å². The van der Waals surface area contributed by atoms with E-state index in [0.717, 1.165) is 57.4 Å². The molecule has 0 radical (unpaired) electrons. The lowest BCUT2D eigenvalue weighted by Crippen LogP contribution is -2.48. The average molecular weight is 585 g/mol. The minimum Gasteiger partial charge on any atom is -0.444 e. The van der Waals surface area contributed by atoms with Crippen LogP contribution in [0.5, 0.6) is 0 Å². The molecule has 0 spiro atoms. The van der Waals surface area contributed by atoms with Crippen LogP contribution in [0.3, 0.4) is 0 Å². The lowest BCUT2D eigenvalue weighted by molar-refractivity contribution is 0.0205. The van der Waals surface area contributed by atoms with Gasteiger partial charge in [-0.15, -0.1) is 0 Å². The van der Waals surface area contributed by atoms with Crippen LogP contribution in [0.4, 0.5) is 16.3 Å². The Morgan fingerprint density at radius 1 is 1.21 bits per heavy atom. The molecule has 1 fully saturated rings. The van der Waals surface area contributed by atoms with Gasteiger partial charge in [0.15, 0.2) is 0 Å². The molecule has 1 aliphatic rings. The van der Waals surface area contributed by atoms with Crippen molar-refractivity contribution in [3.63, 3.8) is 0 Å². The minimum absolute atomic E-state index is 0.0769. The number of carbonyl (C=O) groups excluding carboxylic acids is 1. The van der Waals surface area contributed by atoms with Crippen molar-refractivity contribution in [3.8, 4) is 0 Å². The fraction of sp³-hybridized carbons (Fsp3) is 0.483. The van der Waals surface area contributed by atoms with E-state index in [4.69, 9.17) is 4.74 Å². The van der Waals surface area contributed by atoms with Crippen molar-refractivity contribution in [1.82, 2.24) is 14.9 Å². The third kappa shape index (κ3) is 6.31. The molecule has 0 atom stereocenters. The van der Waals surface area contributed by atoms with E-state index in [2.05, 4.69) is 55.2 Å². The van der Waals surface area contributed by atoms with Crippen LogP contribution in [0.1, 0.15) is 57.4 Å². The number of nitrogens with one attached hydrogen (secondary N) is 2. The van der Waals surface area contributed by atoms with Crippen LogP contribution in [0, 0.1) is 13.8 Å². The number of ether oxygens (including phenoxy) is 1. The van der Waals surface area contributed by atoms with Crippen LogP contribution in [0.2, 0.25) is 0 Å². The molecule has 0 saturated carbocycles. The molecule has 0 unspecified atom stereocenters. The third-order valence-corrected chi connectivity index (χ3v) is 7.41. The molecule has 3 aromatic rings. The highest BCUT2D eigenvalue weighted by Crippen LogP contribution is 2.36. The predicted molar refractivity (Wildman–Crippen MR) is 157 cm³/mol.